The molecule has 9 heteroatoms. The highest BCUT2D eigenvalue weighted by molar-refractivity contribution is 7.94. The molecule has 1 aliphatic rings. The van der Waals surface area contributed by atoms with Crippen LogP contribution in [0.15, 0.2) is 18.3 Å². The van der Waals surface area contributed by atoms with Crippen LogP contribution in [-0.4, -0.2) is 55.5 Å². The van der Waals surface area contributed by atoms with Crippen molar-refractivity contribution in [1.82, 2.24) is 9.88 Å². The summed E-state index contributed by atoms with van der Waals surface area (Å²) in [6.45, 7) is 2.76. The highest BCUT2D eigenvalue weighted by Crippen LogP contribution is 2.33. The molecule has 2 rings (SSSR count). The highest BCUT2D eigenvalue weighted by Gasteiger charge is 2.43. The van der Waals surface area contributed by atoms with Gasteiger partial charge in [-0.3, -0.25) is 9.59 Å². The van der Waals surface area contributed by atoms with Crippen LogP contribution >= 0.6 is 0 Å². The minimum atomic E-state index is -4.08. The predicted octanol–water partition coefficient (Wildman–Crippen LogP) is 0.0351. The van der Waals surface area contributed by atoms with Crippen LogP contribution in [0.3, 0.4) is 0 Å². The van der Waals surface area contributed by atoms with E-state index >= 15 is 0 Å². The number of hydrogen-bond acceptors (Lipinski definition) is 5. The Labute approximate surface area is 129 Å². The third kappa shape index (κ3) is 2.52. The molecule has 1 aromatic rings. The number of aromatic nitrogens is 1. The molecule has 0 saturated carbocycles. The van der Waals surface area contributed by atoms with Crippen molar-refractivity contribution >= 4 is 33.3 Å². The van der Waals surface area contributed by atoms with Gasteiger partial charge < -0.3 is 10.2 Å². The van der Waals surface area contributed by atoms with Crippen LogP contribution in [0.2, 0.25) is 0 Å². The SMILES string of the molecule is CC1C(=O)Nc2cccnc2N1S(=O)(=O)C(C)C(=O)N(C)C. The summed E-state index contributed by atoms with van der Waals surface area (Å²) in [5, 5.41) is 1.29. The van der Waals surface area contributed by atoms with E-state index in [0.717, 1.165) is 4.31 Å². The van der Waals surface area contributed by atoms with Crippen molar-refractivity contribution in [2.45, 2.75) is 25.1 Å². The van der Waals surface area contributed by atoms with Gasteiger partial charge in [-0.15, -0.1) is 0 Å². The molecule has 0 fully saturated rings. The van der Waals surface area contributed by atoms with Crippen LogP contribution in [0.4, 0.5) is 11.5 Å². The Morgan fingerprint density at radius 3 is 2.68 bits per heavy atom. The Morgan fingerprint density at radius 2 is 2.09 bits per heavy atom. The Kier molecular flexibility index (Phi) is 4.10. The van der Waals surface area contributed by atoms with Crippen molar-refractivity contribution in [2.24, 2.45) is 0 Å². The molecular weight excluding hydrogens is 308 g/mol. The van der Waals surface area contributed by atoms with E-state index in [1.165, 1.54) is 39.0 Å². The van der Waals surface area contributed by atoms with Crippen molar-refractivity contribution in [3.8, 4) is 0 Å². The number of anilines is 2. The maximum atomic E-state index is 12.8. The summed E-state index contributed by atoms with van der Waals surface area (Å²) in [7, 11) is -1.12. The molecule has 1 aromatic heterocycles. The van der Waals surface area contributed by atoms with Gasteiger partial charge in [-0.05, 0) is 26.0 Å². The quantitative estimate of drug-likeness (QED) is 0.845. The zero-order valence-electron chi connectivity index (χ0n) is 12.8. The molecular formula is C13H18N4O4S. The lowest BCUT2D eigenvalue weighted by Crippen LogP contribution is -2.54. The van der Waals surface area contributed by atoms with E-state index in [9.17, 15) is 18.0 Å². The third-order valence-corrected chi connectivity index (χ3v) is 5.63. The Bertz CT molecular complexity index is 717. The predicted molar refractivity (Wildman–Crippen MR) is 81.9 cm³/mol. The smallest absolute Gasteiger partial charge is 0.248 e. The molecule has 1 aliphatic heterocycles. The first kappa shape index (κ1) is 16.2. The number of pyridine rings is 1. The molecule has 0 bridgehead atoms. The van der Waals surface area contributed by atoms with Crippen LogP contribution in [0, 0.1) is 0 Å². The first-order valence-electron chi connectivity index (χ1n) is 6.68. The number of rotatable bonds is 3. The normalized spacial score (nSPS) is 19.2. The van der Waals surface area contributed by atoms with E-state index in [-0.39, 0.29) is 5.82 Å². The summed E-state index contributed by atoms with van der Waals surface area (Å²) < 4.78 is 26.5. The molecule has 2 unspecified atom stereocenters. The number of nitrogens with one attached hydrogen (secondary N) is 1. The van der Waals surface area contributed by atoms with Crippen molar-refractivity contribution in [2.75, 3.05) is 23.7 Å². The molecule has 2 amide bonds. The summed E-state index contributed by atoms with van der Waals surface area (Å²) in [5.74, 6) is -0.905. The average molecular weight is 326 g/mol. The van der Waals surface area contributed by atoms with E-state index < -0.39 is 33.1 Å². The van der Waals surface area contributed by atoms with Gasteiger partial charge in [0.1, 0.15) is 6.04 Å². The van der Waals surface area contributed by atoms with Gasteiger partial charge in [-0.2, -0.15) is 0 Å². The number of nitrogens with zero attached hydrogens (tertiary/aromatic N) is 3. The van der Waals surface area contributed by atoms with E-state index in [0.29, 0.717) is 5.69 Å². The number of amides is 2. The van der Waals surface area contributed by atoms with Gasteiger partial charge in [-0.25, -0.2) is 17.7 Å². The summed E-state index contributed by atoms with van der Waals surface area (Å²) in [6.07, 6.45) is 1.43. The number of carbonyl (C=O) groups excluding carboxylic acids is 2. The summed E-state index contributed by atoms with van der Waals surface area (Å²) in [5.41, 5.74) is 0.304. The lowest BCUT2D eigenvalue weighted by atomic mass is 10.2. The Morgan fingerprint density at radius 1 is 1.45 bits per heavy atom. The Balaban J connectivity index is 2.54. The number of carbonyl (C=O) groups is 2. The van der Waals surface area contributed by atoms with Gasteiger partial charge in [0.25, 0.3) is 0 Å². The summed E-state index contributed by atoms with van der Waals surface area (Å²) in [6, 6.07) is 2.17. The van der Waals surface area contributed by atoms with Gasteiger partial charge in [0.15, 0.2) is 11.1 Å². The molecule has 0 radical (unpaired) electrons. The number of hydrogen-bond donors (Lipinski definition) is 1. The second-order valence-corrected chi connectivity index (χ2v) is 7.39. The second kappa shape index (κ2) is 5.56. The molecule has 2 atom stereocenters. The van der Waals surface area contributed by atoms with Gasteiger partial charge in [-0.1, -0.05) is 0 Å². The van der Waals surface area contributed by atoms with E-state index in [2.05, 4.69) is 10.3 Å². The zero-order chi connectivity index (χ0) is 16.7. The molecule has 0 aromatic carbocycles. The summed E-state index contributed by atoms with van der Waals surface area (Å²) in [4.78, 5) is 29.3. The van der Waals surface area contributed by atoms with E-state index in [1.54, 1.807) is 12.1 Å². The van der Waals surface area contributed by atoms with Crippen molar-refractivity contribution < 1.29 is 18.0 Å². The highest BCUT2D eigenvalue weighted by atomic mass is 32.2. The topological polar surface area (TPSA) is 99.7 Å². The monoisotopic (exact) mass is 326 g/mol. The zero-order valence-corrected chi connectivity index (χ0v) is 13.6. The molecule has 2 heterocycles. The molecule has 0 aliphatic carbocycles. The van der Waals surface area contributed by atoms with Crippen LogP contribution in [0.5, 0.6) is 0 Å². The van der Waals surface area contributed by atoms with E-state index in [1.807, 2.05) is 0 Å². The minimum absolute atomic E-state index is 0.119. The maximum Gasteiger partial charge on any atom is 0.248 e. The minimum Gasteiger partial charge on any atom is -0.348 e. The van der Waals surface area contributed by atoms with Crippen LogP contribution in [0.25, 0.3) is 0 Å². The van der Waals surface area contributed by atoms with Crippen LogP contribution in [-0.2, 0) is 19.6 Å². The lowest BCUT2D eigenvalue weighted by molar-refractivity contribution is -0.128. The van der Waals surface area contributed by atoms with Crippen LogP contribution < -0.4 is 9.62 Å². The molecule has 8 nitrogen and oxygen atoms in total. The molecule has 0 saturated heterocycles. The van der Waals surface area contributed by atoms with Crippen LogP contribution in [0.1, 0.15) is 13.8 Å². The first-order chi connectivity index (χ1) is 10.2. The number of sulfonamides is 1. The molecule has 22 heavy (non-hydrogen) atoms. The fourth-order valence-electron chi connectivity index (χ4n) is 2.20. The van der Waals surface area contributed by atoms with Gasteiger partial charge in [0.05, 0.1) is 5.69 Å². The van der Waals surface area contributed by atoms with Crippen molar-refractivity contribution in [3.05, 3.63) is 18.3 Å². The first-order valence-corrected chi connectivity index (χ1v) is 8.18. The van der Waals surface area contributed by atoms with Gasteiger partial charge >= 0.3 is 0 Å². The fourth-order valence-corrected chi connectivity index (χ4v) is 3.93. The standard InChI is InChI=1S/C13H18N4O4S/c1-8-12(18)15-10-6-5-7-14-11(10)17(8)22(20,21)9(2)13(19)16(3)4/h5-9H,1-4H3,(H,15,18). The van der Waals surface area contributed by atoms with E-state index in [4.69, 9.17) is 0 Å². The maximum absolute atomic E-state index is 12.8. The largest absolute Gasteiger partial charge is 0.348 e. The van der Waals surface area contributed by atoms with Crippen molar-refractivity contribution in [3.63, 3.8) is 0 Å². The number of fused-ring (bicyclic) bond motifs is 1. The third-order valence-electron chi connectivity index (χ3n) is 3.49. The Hall–Kier alpha value is -2.16. The second-order valence-electron chi connectivity index (χ2n) is 5.26. The fraction of sp³-hybridized carbons (Fsp3) is 0.462. The van der Waals surface area contributed by atoms with Crippen molar-refractivity contribution in [1.29, 1.82) is 0 Å². The lowest BCUT2D eigenvalue weighted by Gasteiger charge is -2.35. The summed E-state index contributed by atoms with van der Waals surface area (Å²) >= 11 is 0. The van der Waals surface area contributed by atoms with Gasteiger partial charge in [0, 0.05) is 20.3 Å². The molecule has 0 spiro atoms. The molecule has 1 N–H and O–H groups in total. The van der Waals surface area contributed by atoms with Gasteiger partial charge in [0.2, 0.25) is 21.8 Å². The average Bonchev–Trinajstić information content (AvgIpc) is 2.46. The molecule has 120 valence electrons.